The number of hydrogen-bond acceptors (Lipinski definition) is 3. The monoisotopic (exact) mass is 356 g/mol. The van der Waals surface area contributed by atoms with Crippen LogP contribution in [0.5, 0.6) is 0 Å². The predicted molar refractivity (Wildman–Crippen MR) is 102 cm³/mol. The van der Waals surface area contributed by atoms with Crippen LogP contribution >= 0.6 is 0 Å². The number of hydrogen-bond donors (Lipinski definition) is 0. The first-order chi connectivity index (χ1) is 12.3. The second-order valence-corrected chi connectivity index (χ2v) is 8.17. The Bertz CT molecular complexity index is 712. The molecule has 0 aromatic heterocycles. The van der Waals surface area contributed by atoms with Crippen LogP contribution < -0.4 is 0 Å². The molecule has 0 atom stereocenters. The molecule has 0 radical (unpaired) electrons. The van der Waals surface area contributed by atoms with Crippen molar-refractivity contribution >= 4 is 18.1 Å². The van der Waals surface area contributed by atoms with Crippen LogP contribution in [0.1, 0.15) is 55.1 Å². The third-order valence-electron chi connectivity index (χ3n) is 5.04. The highest BCUT2D eigenvalue weighted by Crippen LogP contribution is 2.29. The molecule has 140 valence electrons. The fraction of sp³-hybridized carbons (Fsp3) is 0.524. The second kappa shape index (κ2) is 7.14. The van der Waals surface area contributed by atoms with Crippen LogP contribution in [0.4, 0.5) is 4.79 Å². The van der Waals surface area contributed by atoms with Crippen LogP contribution in [0.25, 0.3) is 6.08 Å². The predicted octanol–water partition coefficient (Wildman–Crippen LogP) is 3.93. The van der Waals surface area contributed by atoms with E-state index in [4.69, 9.17) is 4.74 Å². The number of piperidine rings is 1. The number of rotatable bonds is 3. The number of carbonyl (C=O) groups excluding carboxylic acids is 2. The molecule has 1 saturated heterocycles. The van der Waals surface area contributed by atoms with Crippen molar-refractivity contribution in [3.05, 3.63) is 41.5 Å². The average Bonchev–Trinajstić information content (AvgIpc) is 2.90. The smallest absolute Gasteiger partial charge is 0.410 e. The second-order valence-electron chi connectivity index (χ2n) is 8.17. The molecule has 0 spiro atoms. The number of fused-ring (bicyclic) bond motifs is 1. The quantitative estimate of drug-likeness (QED) is 0.824. The Balaban J connectivity index is 1.55. The fourth-order valence-electron chi connectivity index (χ4n) is 3.69. The van der Waals surface area contributed by atoms with E-state index in [1.54, 1.807) is 4.90 Å². The third-order valence-corrected chi connectivity index (χ3v) is 5.04. The maximum Gasteiger partial charge on any atom is 0.410 e. The number of carbonyl (C=O) groups is 2. The van der Waals surface area contributed by atoms with Gasteiger partial charge >= 0.3 is 6.09 Å². The Morgan fingerprint density at radius 2 is 2.00 bits per heavy atom. The van der Waals surface area contributed by atoms with Gasteiger partial charge in [0.1, 0.15) is 5.60 Å². The summed E-state index contributed by atoms with van der Waals surface area (Å²) in [6.45, 7) is 12.3. The molecule has 1 fully saturated rings. The van der Waals surface area contributed by atoms with Crippen molar-refractivity contribution < 1.29 is 14.3 Å². The molecule has 2 amide bonds. The summed E-state index contributed by atoms with van der Waals surface area (Å²) in [6.07, 6.45) is 3.37. The molecule has 5 nitrogen and oxygen atoms in total. The number of ether oxygens (including phenoxy) is 1. The van der Waals surface area contributed by atoms with Gasteiger partial charge in [0.2, 0.25) is 0 Å². The summed E-state index contributed by atoms with van der Waals surface area (Å²) in [5, 5.41) is 0. The van der Waals surface area contributed by atoms with Crippen molar-refractivity contribution in [1.29, 1.82) is 0 Å². The lowest BCUT2D eigenvalue weighted by molar-refractivity contribution is 0.0167. The Kier molecular flexibility index (Phi) is 5.08. The molecule has 0 bridgehead atoms. The minimum atomic E-state index is -0.468. The lowest BCUT2D eigenvalue weighted by Gasteiger charge is -2.34. The zero-order chi connectivity index (χ0) is 18.9. The number of likely N-dealkylation sites (tertiary alicyclic amines) is 1. The van der Waals surface area contributed by atoms with Crippen molar-refractivity contribution in [1.82, 2.24) is 9.80 Å². The summed E-state index contributed by atoms with van der Waals surface area (Å²) in [5.74, 6) is 0.525. The van der Waals surface area contributed by atoms with Gasteiger partial charge < -0.3 is 14.5 Å². The van der Waals surface area contributed by atoms with Crippen molar-refractivity contribution in [3.63, 3.8) is 0 Å². The van der Waals surface area contributed by atoms with Crippen LogP contribution in [-0.2, 0) is 11.3 Å². The van der Waals surface area contributed by atoms with E-state index in [2.05, 4.69) is 6.58 Å². The van der Waals surface area contributed by atoms with E-state index in [1.807, 2.05) is 49.9 Å². The minimum Gasteiger partial charge on any atom is -0.444 e. The highest BCUT2D eigenvalue weighted by molar-refractivity contribution is 5.99. The topological polar surface area (TPSA) is 49.9 Å². The summed E-state index contributed by atoms with van der Waals surface area (Å²) >= 11 is 0. The molecule has 1 aromatic carbocycles. The molecule has 0 aliphatic carbocycles. The van der Waals surface area contributed by atoms with Crippen LogP contribution in [0.15, 0.2) is 24.8 Å². The van der Waals surface area contributed by atoms with Gasteiger partial charge in [-0.3, -0.25) is 4.79 Å². The van der Waals surface area contributed by atoms with Crippen LogP contribution in [0.2, 0.25) is 0 Å². The molecule has 2 heterocycles. The maximum absolute atomic E-state index is 12.7. The van der Waals surface area contributed by atoms with Crippen molar-refractivity contribution in [3.8, 4) is 0 Å². The molecule has 2 aliphatic rings. The van der Waals surface area contributed by atoms with Crippen molar-refractivity contribution in [2.45, 2.75) is 45.8 Å². The average molecular weight is 356 g/mol. The van der Waals surface area contributed by atoms with Crippen LogP contribution in [0, 0.1) is 5.92 Å². The molecular formula is C21H28N2O3. The lowest BCUT2D eigenvalue weighted by Crippen LogP contribution is -2.43. The normalized spacial score (nSPS) is 18.0. The standard InChI is InChI=1S/C21H28N2O3/c1-5-16-7-6-8-17-18(16)14-23(19(17)24)13-15-9-11-22(12-10-15)20(25)26-21(2,3)4/h5-8,15H,1,9-14H2,2-4H3. The molecule has 0 N–H and O–H groups in total. The van der Waals surface area contributed by atoms with E-state index in [0.717, 1.165) is 36.1 Å². The molecule has 0 saturated carbocycles. The SMILES string of the molecule is C=Cc1cccc2c1CN(CC1CCN(C(=O)OC(C)(C)C)CC1)C2=O. The summed E-state index contributed by atoms with van der Waals surface area (Å²) in [5.41, 5.74) is 2.45. The van der Waals surface area contributed by atoms with Gasteiger partial charge in [0.25, 0.3) is 5.91 Å². The fourth-order valence-corrected chi connectivity index (χ4v) is 3.69. The van der Waals surface area contributed by atoms with E-state index < -0.39 is 5.60 Å². The van der Waals surface area contributed by atoms with Crippen LogP contribution in [0.3, 0.4) is 0 Å². The summed E-state index contributed by atoms with van der Waals surface area (Å²) < 4.78 is 5.44. The lowest BCUT2D eigenvalue weighted by atomic mass is 9.96. The van der Waals surface area contributed by atoms with E-state index in [0.29, 0.717) is 25.6 Å². The Labute approximate surface area is 155 Å². The molecular weight excluding hydrogens is 328 g/mol. The van der Waals surface area contributed by atoms with Gasteiger partial charge in [-0.15, -0.1) is 0 Å². The number of amides is 2. The van der Waals surface area contributed by atoms with Gasteiger partial charge in [0, 0.05) is 31.7 Å². The van der Waals surface area contributed by atoms with Crippen molar-refractivity contribution in [2.24, 2.45) is 5.92 Å². The van der Waals surface area contributed by atoms with E-state index in [-0.39, 0.29) is 12.0 Å². The summed E-state index contributed by atoms with van der Waals surface area (Å²) in [6, 6.07) is 5.81. The highest BCUT2D eigenvalue weighted by Gasteiger charge is 2.32. The first-order valence-electron chi connectivity index (χ1n) is 9.30. The first kappa shape index (κ1) is 18.5. The maximum atomic E-state index is 12.7. The Morgan fingerprint density at radius 1 is 1.31 bits per heavy atom. The van der Waals surface area contributed by atoms with E-state index in [9.17, 15) is 9.59 Å². The summed E-state index contributed by atoms with van der Waals surface area (Å²) in [7, 11) is 0. The molecule has 26 heavy (non-hydrogen) atoms. The largest absolute Gasteiger partial charge is 0.444 e. The number of nitrogens with zero attached hydrogens (tertiary/aromatic N) is 2. The van der Waals surface area contributed by atoms with Gasteiger partial charge in [-0.05, 0) is 56.7 Å². The van der Waals surface area contributed by atoms with Gasteiger partial charge in [0.05, 0.1) is 0 Å². The highest BCUT2D eigenvalue weighted by atomic mass is 16.6. The summed E-state index contributed by atoms with van der Waals surface area (Å²) in [4.78, 5) is 28.6. The zero-order valence-corrected chi connectivity index (χ0v) is 16.0. The molecule has 5 heteroatoms. The van der Waals surface area contributed by atoms with Gasteiger partial charge in [-0.25, -0.2) is 4.79 Å². The van der Waals surface area contributed by atoms with Gasteiger partial charge in [0.15, 0.2) is 0 Å². The molecule has 2 aliphatic heterocycles. The number of benzene rings is 1. The van der Waals surface area contributed by atoms with Crippen LogP contribution in [-0.4, -0.2) is 47.0 Å². The first-order valence-corrected chi connectivity index (χ1v) is 9.30. The third kappa shape index (κ3) is 3.92. The Morgan fingerprint density at radius 3 is 2.62 bits per heavy atom. The van der Waals surface area contributed by atoms with Gasteiger partial charge in [-0.2, -0.15) is 0 Å². The molecule has 0 unspecified atom stereocenters. The Hall–Kier alpha value is -2.30. The zero-order valence-electron chi connectivity index (χ0n) is 16.0. The van der Waals surface area contributed by atoms with E-state index >= 15 is 0 Å². The van der Waals surface area contributed by atoms with Crippen molar-refractivity contribution in [2.75, 3.05) is 19.6 Å². The minimum absolute atomic E-state index is 0.110. The molecule has 1 aromatic rings. The van der Waals surface area contributed by atoms with Gasteiger partial charge in [-0.1, -0.05) is 24.8 Å². The molecule has 3 rings (SSSR count). The van der Waals surface area contributed by atoms with E-state index in [1.165, 1.54) is 0 Å².